The van der Waals surface area contributed by atoms with E-state index in [1.54, 1.807) is 25.3 Å². The molecule has 2 aliphatic rings. The summed E-state index contributed by atoms with van der Waals surface area (Å²) < 4.78 is 5.36. The number of rotatable bonds is 4. The lowest BCUT2D eigenvalue weighted by Gasteiger charge is -2.36. The summed E-state index contributed by atoms with van der Waals surface area (Å²) in [6.45, 7) is 2.56. The third-order valence-corrected chi connectivity index (χ3v) is 5.88. The van der Waals surface area contributed by atoms with E-state index in [4.69, 9.17) is 4.42 Å². The van der Waals surface area contributed by atoms with E-state index in [0.717, 1.165) is 12.0 Å². The van der Waals surface area contributed by atoms with E-state index in [2.05, 4.69) is 11.1 Å². The summed E-state index contributed by atoms with van der Waals surface area (Å²) in [7, 11) is 0. The summed E-state index contributed by atoms with van der Waals surface area (Å²) in [5, 5.41) is 0. The topological polar surface area (TPSA) is 80.0 Å². The van der Waals surface area contributed by atoms with Gasteiger partial charge >= 0.3 is 0 Å². The monoisotopic (exact) mass is 392 g/mol. The molecule has 0 spiro atoms. The van der Waals surface area contributed by atoms with E-state index in [1.165, 1.54) is 11.8 Å². The maximum atomic E-state index is 12.5. The summed E-state index contributed by atoms with van der Waals surface area (Å²) in [6, 6.07) is 11.5. The highest BCUT2D eigenvalue weighted by molar-refractivity contribution is 6.16. The highest BCUT2D eigenvalue weighted by atomic mass is 16.3. The van der Waals surface area contributed by atoms with Gasteiger partial charge in [-0.15, -0.1) is 0 Å². The smallest absolute Gasteiger partial charge is 0.220 e. The lowest BCUT2D eigenvalue weighted by Crippen LogP contribution is -2.40. The van der Waals surface area contributed by atoms with Gasteiger partial charge in [-0.05, 0) is 29.7 Å². The predicted octanol–water partition coefficient (Wildman–Crippen LogP) is 3.13. The van der Waals surface area contributed by atoms with Crippen molar-refractivity contribution in [1.82, 2.24) is 4.90 Å². The van der Waals surface area contributed by atoms with Crippen LogP contribution in [-0.2, 0) is 20.8 Å². The van der Waals surface area contributed by atoms with Crippen LogP contribution in [-0.4, -0.2) is 41.7 Å². The van der Waals surface area contributed by atoms with Crippen LogP contribution in [0.2, 0.25) is 0 Å². The number of furan rings is 1. The van der Waals surface area contributed by atoms with Gasteiger partial charge in [0.05, 0.1) is 18.8 Å². The minimum Gasteiger partial charge on any atom is -0.469 e. The average Bonchev–Trinajstić information content (AvgIpc) is 3.24. The highest BCUT2D eigenvalue weighted by Crippen LogP contribution is 2.32. The Morgan fingerprint density at radius 3 is 2.62 bits per heavy atom. The number of fused-ring (bicyclic) bond motifs is 1. The molecular weight excluding hydrogens is 368 g/mol. The van der Waals surface area contributed by atoms with Crippen molar-refractivity contribution in [2.75, 3.05) is 13.1 Å². The summed E-state index contributed by atoms with van der Waals surface area (Å²) >= 11 is 0. The first-order chi connectivity index (χ1) is 14.0. The fraction of sp³-hybridized carbons (Fsp3) is 0.391. The molecule has 1 amide bonds. The number of nitrogens with zero attached hydrogens (tertiary/aromatic N) is 2. The van der Waals surface area contributed by atoms with Crippen molar-refractivity contribution in [3.05, 3.63) is 59.5 Å². The zero-order valence-corrected chi connectivity index (χ0v) is 16.4. The van der Waals surface area contributed by atoms with E-state index >= 15 is 0 Å². The van der Waals surface area contributed by atoms with Crippen LogP contribution in [0.1, 0.15) is 48.6 Å². The van der Waals surface area contributed by atoms with Crippen LogP contribution < -0.4 is 0 Å². The van der Waals surface area contributed by atoms with Crippen molar-refractivity contribution < 1.29 is 18.8 Å². The SMILES string of the molecule is CC(=O)N1CCc2ccccc2[C@@H]1CN=CC1C(=O)CC(c2ccco2)CC1=O. The van der Waals surface area contributed by atoms with Crippen LogP contribution in [0.25, 0.3) is 0 Å². The molecule has 1 fully saturated rings. The number of carbonyl (C=O) groups is 3. The van der Waals surface area contributed by atoms with E-state index < -0.39 is 5.92 Å². The van der Waals surface area contributed by atoms with E-state index in [9.17, 15) is 14.4 Å². The number of ketones is 2. The summed E-state index contributed by atoms with van der Waals surface area (Å²) in [5.74, 6) is -0.555. The molecule has 0 bridgehead atoms. The van der Waals surface area contributed by atoms with Gasteiger partial charge in [0.2, 0.25) is 5.91 Å². The van der Waals surface area contributed by atoms with Gasteiger partial charge in [-0.2, -0.15) is 0 Å². The molecule has 4 rings (SSSR count). The Morgan fingerprint density at radius 2 is 1.93 bits per heavy atom. The Kier molecular flexibility index (Phi) is 5.43. The van der Waals surface area contributed by atoms with E-state index in [0.29, 0.717) is 18.8 Å². The van der Waals surface area contributed by atoms with Crippen LogP contribution in [0.5, 0.6) is 0 Å². The fourth-order valence-corrected chi connectivity index (χ4v) is 4.37. The Morgan fingerprint density at radius 1 is 1.17 bits per heavy atom. The molecule has 1 aromatic heterocycles. The van der Waals surface area contributed by atoms with Gasteiger partial charge in [0.15, 0.2) is 0 Å². The maximum absolute atomic E-state index is 12.5. The molecule has 0 saturated heterocycles. The molecule has 1 atom stereocenters. The highest BCUT2D eigenvalue weighted by Gasteiger charge is 2.36. The molecule has 1 aliphatic heterocycles. The van der Waals surface area contributed by atoms with Crippen LogP contribution in [0, 0.1) is 5.92 Å². The molecule has 0 N–H and O–H groups in total. The first-order valence-corrected chi connectivity index (χ1v) is 9.98. The number of Topliss-reactive ketones (excluding diaryl/α,β-unsaturated/α-hetero) is 2. The van der Waals surface area contributed by atoms with Gasteiger partial charge in [-0.25, -0.2) is 0 Å². The normalized spacial score (nSPS) is 24.7. The summed E-state index contributed by atoms with van der Waals surface area (Å²) in [6.07, 6.45) is 4.42. The lowest BCUT2D eigenvalue weighted by atomic mass is 9.79. The van der Waals surface area contributed by atoms with Crippen molar-refractivity contribution in [2.45, 2.75) is 38.1 Å². The molecule has 1 saturated carbocycles. The summed E-state index contributed by atoms with van der Waals surface area (Å²) in [4.78, 5) is 43.5. The predicted molar refractivity (Wildman–Crippen MR) is 108 cm³/mol. The molecule has 29 heavy (non-hydrogen) atoms. The largest absolute Gasteiger partial charge is 0.469 e. The minimum atomic E-state index is -0.800. The first-order valence-electron chi connectivity index (χ1n) is 9.98. The van der Waals surface area contributed by atoms with Crippen molar-refractivity contribution in [1.29, 1.82) is 0 Å². The third kappa shape index (κ3) is 3.92. The van der Waals surface area contributed by atoms with Crippen LogP contribution in [0.4, 0.5) is 0 Å². The van der Waals surface area contributed by atoms with E-state index in [1.807, 2.05) is 23.1 Å². The van der Waals surface area contributed by atoms with Crippen molar-refractivity contribution in [3.63, 3.8) is 0 Å². The molecule has 6 nitrogen and oxygen atoms in total. The number of amides is 1. The quantitative estimate of drug-likeness (QED) is 0.591. The zero-order valence-electron chi connectivity index (χ0n) is 16.4. The second-order valence-corrected chi connectivity index (χ2v) is 7.72. The van der Waals surface area contributed by atoms with Crippen molar-refractivity contribution >= 4 is 23.7 Å². The first kappa shape index (κ1) is 19.3. The zero-order chi connectivity index (χ0) is 20.4. The average molecular weight is 392 g/mol. The Hall–Kier alpha value is -3.02. The van der Waals surface area contributed by atoms with Gasteiger partial charge < -0.3 is 9.32 Å². The van der Waals surface area contributed by atoms with Gasteiger partial charge in [-0.1, -0.05) is 24.3 Å². The van der Waals surface area contributed by atoms with Crippen LogP contribution in [0.15, 0.2) is 52.1 Å². The van der Waals surface area contributed by atoms with Crippen molar-refractivity contribution in [3.8, 4) is 0 Å². The second kappa shape index (κ2) is 8.15. The fourth-order valence-electron chi connectivity index (χ4n) is 4.37. The Bertz CT molecular complexity index is 930. The lowest BCUT2D eigenvalue weighted by molar-refractivity contribution is -0.134. The molecule has 0 radical (unpaired) electrons. The molecule has 150 valence electrons. The second-order valence-electron chi connectivity index (χ2n) is 7.72. The standard InChI is InChI=1S/C23H24N2O4/c1-15(26)25-9-8-16-5-2-3-6-18(16)20(25)14-24-13-19-21(27)11-17(12-22(19)28)23-7-4-10-29-23/h2-7,10,13,17,19-20H,8-9,11-12,14H2,1H3/t17?,19?,20-/m0/s1. The summed E-state index contributed by atoms with van der Waals surface area (Å²) in [5.41, 5.74) is 2.31. The Balaban J connectivity index is 1.47. The number of aliphatic imine (C=N–C) groups is 1. The molecule has 6 heteroatoms. The molecular formula is C23H24N2O4. The number of hydrogen-bond acceptors (Lipinski definition) is 5. The Labute approximate surface area is 169 Å². The van der Waals surface area contributed by atoms with Gasteiger partial charge in [0, 0.05) is 38.4 Å². The van der Waals surface area contributed by atoms with Crippen molar-refractivity contribution in [2.24, 2.45) is 10.9 Å². The minimum absolute atomic E-state index is 0.00538. The molecule has 0 unspecified atom stereocenters. The molecule has 1 aromatic carbocycles. The van der Waals surface area contributed by atoms with Gasteiger partial charge in [0.25, 0.3) is 0 Å². The van der Waals surface area contributed by atoms with Gasteiger partial charge in [0.1, 0.15) is 23.2 Å². The van der Waals surface area contributed by atoms with Crippen LogP contribution in [0.3, 0.4) is 0 Å². The third-order valence-electron chi connectivity index (χ3n) is 5.88. The number of carbonyl (C=O) groups excluding carboxylic acids is 3. The maximum Gasteiger partial charge on any atom is 0.220 e. The molecule has 2 heterocycles. The molecule has 2 aromatic rings. The number of hydrogen-bond donors (Lipinski definition) is 0. The van der Waals surface area contributed by atoms with E-state index in [-0.39, 0.29) is 42.3 Å². The number of benzene rings is 1. The van der Waals surface area contributed by atoms with Crippen LogP contribution >= 0.6 is 0 Å². The molecule has 1 aliphatic carbocycles. The van der Waals surface area contributed by atoms with Gasteiger partial charge in [-0.3, -0.25) is 19.4 Å².